The maximum Gasteiger partial charge on any atom is 0.417 e. The van der Waals surface area contributed by atoms with Gasteiger partial charge in [-0.2, -0.15) is 13.2 Å². The van der Waals surface area contributed by atoms with E-state index in [1.807, 2.05) is 0 Å². The third-order valence-corrected chi connectivity index (χ3v) is 2.98. The largest absolute Gasteiger partial charge is 0.455 e. The summed E-state index contributed by atoms with van der Waals surface area (Å²) in [5.74, 6) is 0.826. The Morgan fingerprint density at radius 1 is 1.00 bits per heavy atom. The summed E-state index contributed by atoms with van der Waals surface area (Å²) >= 11 is 0. The summed E-state index contributed by atoms with van der Waals surface area (Å²) in [6.45, 7) is 0. The molecule has 112 valence electrons. The summed E-state index contributed by atoms with van der Waals surface area (Å²) in [6, 6.07) is 9.12. The zero-order chi connectivity index (χ0) is 15.7. The third-order valence-electron chi connectivity index (χ3n) is 2.98. The zero-order valence-corrected chi connectivity index (χ0v) is 11.1. The van der Waals surface area contributed by atoms with Gasteiger partial charge in [-0.25, -0.2) is 0 Å². The highest BCUT2D eigenvalue weighted by molar-refractivity contribution is 5.81. The van der Waals surface area contributed by atoms with Gasteiger partial charge in [-0.15, -0.1) is 0 Å². The molecular weight excluding hydrogens is 295 g/mol. The average Bonchev–Trinajstić information content (AvgIpc) is 2.48. The second kappa shape index (κ2) is 5.18. The number of rotatable bonds is 2. The molecule has 0 spiro atoms. The van der Waals surface area contributed by atoms with Gasteiger partial charge in [0.1, 0.15) is 11.3 Å². The van der Waals surface area contributed by atoms with E-state index in [-0.39, 0.29) is 11.0 Å². The van der Waals surface area contributed by atoms with Crippen molar-refractivity contribution in [1.82, 2.24) is 9.97 Å². The Hall–Kier alpha value is -2.83. The molecule has 22 heavy (non-hydrogen) atoms. The minimum absolute atomic E-state index is 0.114. The normalized spacial score (nSPS) is 11.6. The van der Waals surface area contributed by atoms with Gasteiger partial charge in [0.05, 0.1) is 11.1 Å². The first kappa shape index (κ1) is 14.1. The summed E-state index contributed by atoms with van der Waals surface area (Å²) in [6.07, 6.45) is -2.33. The lowest BCUT2D eigenvalue weighted by molar-refractivity contribution is -0.137. The molecule has 0 aliphatic carbocycles. The zero-order valence-electron chi connectivity index (χ0n) is 11.1. The number of fused-ring (bicyclic) bond motifs is 1. The fourth-order valence-electron chi connectivity index (χ4n) is 1.91. The van der Waals surface area contributed by atoms with E-state index in [4.69, 9.17) is 10.5 Å². The van der Waals surface area contributed by atoms with Crippen LogP contribution in [0.1, 0.15) is 5.56 Å². The molecule has 7 heteroatoms. The molecule has 0 saturated heterocycles. The number of nitrogens with zero attached hydrogens (tertiary/aromatic N) is 2. The summed E-state index contributed by atoms with van der Waals surface area (Å²) in [5, 5.41) is 0. The SMILES string of the molecule is Nc1ccc(Oc2ccnc3cc(C(F)(F)F)cnc23)cc1. The fourth-order valence-corrected chi connectivity index (χ4v) is 1.91. The lowest BCUT2D eigenvalue weighted by Gasteiger charge is -2.10. The van der Waals surface area contributed by atoms with E-state index in [0.29, 0.717) is 17.2 Å². The van der Waals surface area contributed by atoms with Crippen molar-refractivity contribution in [3.8, 4) is 11.5 Å². The maximum atomic E-state index is 12.7. The van der Waals surface area contributed by atoms with Gasteiger partial charge in [0.15, 0.2) is 5.75 Å². The first-order valence-corrected chi connectivity index (χ1v) is 6.29. The van der Waals surface area contributed by atoms with Crippen molar-refractivity contribution in [3.63, 3.8) is 0 Å². The number of hydrogen-bond acceptors (Lipinski definition) is 4. The van der Waals surface area contributed by atoms with E-state index in [1.54, 1.807) is 30.3 Å². The van der Waals surface area contributed by atoms with Gasteiger partial charge in [0.2, 0.25) is 0 Å². The van der Waals surface area contributed by atoms with Crippen molar-refractivity contribution in [2.24, 2.45) is 0 Å². The number of halogens is 3. The van der Waals surface area contributed by atoms with Gasteiger partial charge in [-0.1, -0.05) is 0 Å². The molecule has 0 amide bonds. The standard InChI is InChI=1S/C15H10F3N3O/c16-15(17,18)9-7-12-14(21-8-9)13(5-6-20-12)22-11-3-1-10(19)2-4-11/h1-8H,19H2. The predicted molar refractivity (Wildman–Crippen MR) is 75.5 cm³/mol. The van der Waals surface area contributed by atoms with Crippen LogP contribution >= 0.6 is 0 Å². The highest BCUT2D eigenvalue weighted by Gasteiger charge is 2.31. The van der Waals surface area contributed by atoms with Crippen LogP contribution in [0, 0.1) is 0 Å². The Morgan fingerprint density at radius 3 is 2.41 bits per heavy atom. The number of benzene rings is 1. The molecule has 0 bridgehead atoms. The summed E-state index contributed by atoms with van der Waals surface area (Å²) in [4.78, 5) is 7.74. The van der Waals surface area contributed by atoms with Crippen LogP contribution in [0.3, 0.4) is 0 Å². The maximum absolute atomic E-state index is 12.7. The molecule has 4 nitrogen and oxygen atoms in total. The smallest absolute Gasteiger partial charge is 0.417 e. The van der Waals surface area contributed by atoms with E-state index < -0.39 is 11.7 Å². The highest BCUT2D eigenvalue weighted by Crippen LogP contribution is 2.33. The first-order valence-electron chi connectivity index (χ1n) is 6.29. The summed E-state index contributed by atoms with van der Waals surface area (Å²) in [5.41, 5.74) is 5.69. The van der Waals surface area contributed by atoms with Gasteiger partial charge >= 0.3 is 6.18 Å². The monoisotopic (exact) mass is 305 g/mol. The van der Waals surface area contributed by atoms with E-state index in [2.05, 4.69) is 9.97 Å². The second-order valence-corrected chi connectivity index (χ2v) is 4.57. The molecule has 0 atom stereocenters. The molecule has 2 heterocycles. The van der Waals surface area contributed by atoms with Gasteiger partial charge < -0.3 is 10.5 Å². The van der Waals surface area contributed by atoms with Crippen LogP contribution in [0.15, 0.2) is 48.8 Å². The Kier molecular flexibility index (Phi) is 3.32. The van der Waals surface area contributed by atoms with Crippen molar-refractivity contribution in [2.75, 3.05) is 5.73 Å². The van der Waals surface area contributed by atoms with Crippen LogP contribution in [0.4, 0.5) is 18.9 Å². The van der Waals surface area contributed by atoms with Crippen molar-refractivity contribution < 1.29 is 17.9 Å². The quantitative estimate of drug-likeness (QED) is 0.726. The molecule has 1 aromatic carbocycles. The van der Waals surface area contributed by atoms with E-state index in [9.17, 15) is 13.2 Å². The minimum Gasteiger partial charge on any atom is -0.455 e. The van der Waals surface area contributed by atoms with Crippen LogP contribution in [-0.4, -0.2) is 9.97 Å². The van der Waals surface area contributed by atoms with Gasteiger partial charge in [0, 0.05) is 24.1 Å². The topological polar surface area (TPSA) is 61.0 Å². The Morgan fingerprint density at radius 2 is 1.73 bits per heavy atom. The molecule has 0 fully saturated rings. The first-order chi connectivity index (χ1) is 10.4. The van der Waals surface area contributed by atoms with Crippen molar-refractivity contribution in [3.05, 3.63) is 54.4 Å². The van der Waals surface area contributed by atoms with E-state index in [0.717, 1.165) is 12.3 Å². The summed E-state index contributed by atoms with van der Waals surface area (Å²) < 4.78 is 43.7. The molecule has 0 unspecified atom stereocenters. The van der Waals surface area contributed by atoms with Gasteiger partial charge in [-0.05, 0) is 30.3 Å². The molecule has 0 aliphatic rings. The Labute approximate surface area is 123 Å². The van der Waals surface area contributed by atoms with E-state index in [1.165, 1.54) is 6.20 Å². The fraction of sp³-hybridized carbons (Fsp3) is 0.0667. The van der Waals surface area contributed by atoms with E-state index >= 15 is 0 Å². The molecule has 0 radical (unpaired) electrons. The lowest BCUT2D eigenvalue weighted by atomic mass is 10.2. The highest BCUT2D eigenvalue weighted by atomic mass is 19.4. The predicted octanol–water partition coefficient (Wildman–Crippen LogP) is 4.02. The molecular formula is C15H10F3N3O. The van der Waals surface area contributed by atoms with Crippen LogP contribution in [0.5, 0.6) is 11.5 Å². The van der Waals surface area contributed by atoms with Crippen LogP contribution < -0.4 is 10.5 Å². The number of aromatic nitrogens is 2. The number of nitrogen functional groups attached to an aromatic ring is 1. The molecule has 2 aromatic heterocycles. The molecule has 0 saturated carbocycles. The van der Waals surface area contributed by atoms with Crippen LogP contribution in [-0.2, 0) is 6.18 Å². The van der Waals surface area contributed by atoms with Crippen molar-refractivity contribution in [1.29, 1.82) is 0 Å². The van der Waals surface area contributed by atoms with Crippen LogP contribution in [0.2, 0.25) is 0 Å². The molecule has 2 N–H and O–H groups in total. The van der Waals surface area contributed by atoms with Crippen LogP contribution in [0.25, 0.3) is 11.0 Å². The second-order valence-electron chi connectivity index (χ2n) is 4.57. The minimum atomic E-state index is -4.46. The summed E-state index contributed by atoms with van der Waals surface area (Å²) in [7, 11) is 0. The van der Waals surface area contributed by atoms with Crippen molar-refractivity contribution >= 4 is 16.7 Å². The molecule has 3 aromatic rings. The number of nitrogens with two attached hydrogens (primary N) is 1. The van der Waals surface area contributed by atoms with Gasteiger partial charge in [-0.3, -0.25) is 9.97 Å². The third kappa shape index (κ3) is 2.78. The van der Waals surface area contributed by atoms with Crippen molar-refractivity contribution in [2.45, 2.75) is 6.18 Å². The van der Waals surface area contributed by atoms with Gasteiger partial charge in [0.25, 0.3) is 0 Å². The number of pyridine rings is 2. The Bertz CT molecular complexity index is 816. The molecule has 3 rings (SSSR count). The average molecular weight is 305 g/mol. The Balaban J connectivity index is 2.02. The number of alkyl halides is 3. The number of anilines is 1. The number of hydrogen-bond donors (Lipinski definition) is 1. The molecule has 0 aliphatic heterocycles. The lowest BCUT2D eigenvalue weighted by Crippen LogP contribution is -2.05. The number of ether oxygens (including phenoxy) is 1.